The van der Waals surface area contributed by atoms with Gasteiger partial charge in [0.05, 0.1) is 0 Å². The highest BCUT2D eigenvalue weighted by Gasteiger charge is 2.12. The zero-order chi connectivity index (χ0) is 13.1. The van der Waals surface area contributed by atoms with Crippen molar-refractivity contribution in [1.29, 1.82) is 0 Å². The summed E-state index contributed by atoms with van der Waals surface area (Å²) < 4.78 is 33.4. The van der Waals surface area contributed by atoms with Crippen molar-refractivity contribution in [2.75, 3.05) is 0 Å². The van der Waals surface area contributed by atoms with Crippen LogP contribution in [0.1, 0.15) is 5.56 Å². The van der Waals surface area contributed by atoms with Gasteiger partial charge >= 0.3 is 16.4 Å². The molecule has 0 unspecified atom stereocenters. The van der Waals surface area contributed by atoms with Crippen molar-refractivity contribution in [3.8, 4) is 5.75 Å². The fraction of sp³-hybridized carbons (Fsp3) is 0.222. The van der Waals surface area contributed by atoms with Crippen molar-refractivity contribution in [2.45, 2.75) is 12.5 Å². The van der Waals surface area contributed by atoms with Crippen LogP contribution in [0.25, 0.3) is 0 Å². The largest absolute Gasteiger partial charge is 0.480 e. The average Bonchev–Trinajstić information content (AvgIpc) is 2.18. The maximum atomic E-state index is 10.5. The fourth-order valence-electron chi connectivity index (χ4n) is 1.14. The lowest BCUT2D eigenvalue weighted by Gasteiger charge is -2.07. The Morgan fingerprint density at radius 2 is 1.88 bits per heavy atom. The van der Waals surface area contributed by atoms with Crippen molar-refractivity contribution < 1.29 is 27.1 Å². The Balaban J connectivity index is 2.72. The van der Waals surface area contributed by atoms with Crippen LogP contribution in [0.15, 0.2) is 24.3 Å². The number of rotatable bonds is 5. The molecular weight excluding hydrogens is 250 g/mol. The van der Waals surface area contributed by atoms with Crippen molar-refractivity contribution in [3.05, 3.63) is 29.8 Å². The van der Waals surface area contributed by atoms with Gasteiger partial charge in [-0.15, -0.1) is 0 Å². The predicted molar refractivity (Wildman–Crippen MR) is 57.9 cm³/mol. The molecule has 1 aromatic carbocycles. The first-order valence-corrected chi connectivity index (χ1v) is 5.88. The first-order valence-electron chi connectivity index (χ1n) is 4.52. The normalized spacial score (nSPS) is 13.1. The van der Waals surface area contributed by atoms with Gasteiger partial charge < -0.3 is 15.0 Å². The van der Waals surface area contributed by atoms with Crippen LogP contribution in [0.3, 0.4) is 0 Å². The number of hydrogen-bond acceptors (Lipinski definition) is 5. The molecule has 1 rings (SSSR count). The van der Waals surface area contributed by atoms with Crippen molar-refractivity contribution in [1.82, 2.24) is 0 Å². The van der Waals surface area contributed by atoms with E-state index in [0.717, 1.165) is 0 Å². The van der Waals surface area contributed by atoms with E-state index in [9.17, 15) is 13.2 Å². The van der Waals surface area contributed by atoms with Crippen LogP contribution in [0, 0.1) is 0 Å². The molecule has 0 aliphatic carbocycles. The van der Waals surface area contributed by atoms with Gasteiger partial charge in [-0.1, -0.05) is 12.1 Å². The molecule has 1 aromatic rings. The van der Waals surface area contributed by atoms with Gasteiger partial charge in [-0.05, 0) is 24.1 Å². The van der Waals surface area contributed by atoms with Gasteiger partial charge in [-0.3, -0.25) is 9.35 Å². The Hall–Kier alpha value is -1.64. The standard InChI is InChI=1S/C9H11NO6S/c10-8(9(11)12)5-6-1-3-7(4-2-6)16-17(13,14)15/h1-4,8H,5,10H2,(H,11,12)(H,13,14,15)/t8-/m0/s1. The number of carboxylic acids is 1. The Labute approximate surface area is 97.8 Å². The summed E-state index contributed by atoms with van der Waals surface area (Å²) in [4.78, 5) is 10.5. The third kappa shape index (κ3) is 4.81. The molecule has 0 radical (unpaired) electrons. The highest BCUT2D eigenvalue weighted by Crippen LogP contribution is 2.14. The van der Waals surface area contributed by atoms with Crippen LogP contribution < -0.4 is 9.92 Å². The van der Waals surface area contributed by atoms with E-state index in [2.05, 4.69) is 4.18 Å². The van der Waals surface area contributed by atoms with E-state index < -0.39 is 22.4 Å². The number of carboxylic acid groups (broad SMARTS) is 1. The minimum Gasteiger partial charge on any atom is -0.480 e. The van der Waals surface area contributed by atoms with E-state index in [1.165, 1.54) is 24.3 Å². The lowest BCUT2D eigenvalue weighted by Crippen LogP contribution is -2.32. The van der Waals surface area contributed by atoms with Gasteiger partial charge in [0, 0.05) is 0 Å². The molecule has 94 valence electrons. The fourth-order valence-corrected chi connectivity index (χ4v) is 1.50. The van der Waals surface area contributed by atoms with Crippen LogP contribution in [0.4, 0.5) is 0 Å². The maximum absolute atomic E-state index is 10.5. The van der Waals surface area contributed by atoms with Crippen molar-refractivity contribution in [2.24, 2.45) is 5.73 Å². The number of hydrogen-bond donors (Lipinski definition) is 3. The molecule has 7 nitrogen and oxygen atoms in total. The second-order valence-corrected chi connectivity index (χ2v) is 4.33. The number of nitrogens with two attached hydrogens (primary N) is 1. The molecule has 17 heavy (non-hydrogen) atoms. The predicted octanol–water partition coefficient (Wildman–Crippen LogP) is -0.177. The molecule has 1 atom stereocenters. The van der Waals surface area contributed by atoms with E-state index in [1.54, 1.807) is 0 Å². The van der Waals surface area contributed by atoms with E-state index in [0.29, 0.717) is 5.56 Å². The molecule has 0 aromatic heterocycles. The summed E-state index contributed by atoms with van der Waals surface area (Å²) in [5, 5.41) is 8.59. The summed E-state index contributed by atoms with van der Waals surface area (Å²) in [7, 11) is -4.55. The molecular formula is C9H11NO6S. The molecule has 0 aliphatic rings. The van der Waals surface area contributed by atoms with Gasteiger partial charge in [-0.2, -0.15) is 8.42 Å². The van der Waals surface area contributed by atoms with Gasteiger partial charge in [0.2, 0.25) is 0 Å². The summed E-state index contributed by atoms with van der Waals surface area (Å²) in [5.74, 6) is -1.19. The van der Waals surface area contributed by atoms with Gasteiger partial charge in [-0.25, -0.2) is 0 Å². The Kier molecular flexibility index (Phi) is 4.05. The molecule has 0 spiro atoms. The molecule has 0 heterocycles. The quantitative estimate of drug-likeness (QED) is 0.627. The monoisotopic (exact) mass is 261 g/mol. The van der Waals surface area contributed by atoms with Gasteiger partial charge in [0.1, 0.15) is 11.8 Å². The number of benzene rings is 1. The smallest absolute Gasteiger partial charge is 0.446 e. The summed E-state index contributed by atoms with van der Waals surface area (Å²) in [6.07, 6.45) is 0.113. The van der Waals surface area contributed by atoms with E-state index in [1.807, 2.05) is 0 Å². The lowest BCUT2D eigenvalue weighted by atomic mass is 10.1. The summed E-state index contributed by atoms with van der Waals surface area (Å²) >= 11 is 0. The molecule has 0 fully saturated rings. The summed E-state index contributed by atoms with van der Waals surface area (Å²) in [6, 6.07) is 4.48. The lowest BCUT2D eigenvalue weighted by molar-refractivity contribution is -0.138. The molecule has 8 heteroatoms. The number of carbonyl (C=O) groups is 1. The Morgan fingerprint density at radius 1 is 1.35 bits per heavy atom. The van der Waals surface area contributed by atoms with Crippen LogP contribution >= 0.6 is 0 Å². The first-order chi connectivity index (χ1) is 7.78. The first kappa shape index (κ1) is 13.4. The average molecular weight is 261 g/mol. The van der Waals surface area contributed by atoms with E-state index in [-0.39, 0.29) is 12.2 Å². The Morgan fingerprint density at radius 3 is 2.29 bits per heavy atom. The molecule has 0 saturated heterocycles. The van der Waals surface area contributed by atoms with Gasteiger partial charge in [0.25, 0.3) is 0 Å². The molecule has 0 bridgehead atoms. The third-order valence-corrected chi connectivity index (χ3v) is 2.30. The SMILES string of the molecule is N[C@@H](Cc1ccc(OS(=O)(=O)O)cc1)C(=O)O. The van der Waals surface area contributed by atoms with Crippen LogP contribution in [0.5, 0.6) is 5.75 Å². The molecule has 4 N–H and O–H groups in total. The minimum atomic E-state index is -4.55. The Bertz CT molecular complexity index is 495. The van der Waals surface area contributed by atoms with Crippen molar-refractivity contribution in [3.63, 3.8) is 0 Å². The summed E-state index contributed by atoms with van der Waals surface area (Å²) in [5.41, 5.74) is 5.94. The second-order valence-electron chi connectivity index (χ2n) is 3.30. The second kappa shape index (κ2) is 5.13. The van der Waals surface area contributed by atoms with Crippen LogP contribution in [-0.4, -0.2) is 30.1 Å². The van der Waals surface area contributed by atoms with E-state index in [4.69, 9.17) is 15.4 Å². The maximum Gasteiger partial charge on any atom is 0.446 e. The van der Waals surface area contributed by atoms with Crippen LogP contribution in [-0.2, 0) is 21.6 Å². The molecule has 0 aliphatic heterocycles. The van der Waals surface area contributed by atoms with E-state index >= 15 is 0 Å². The highest BCUT2D eigenvalue weighted by atomic mass is 32.3. The summed E-state index contributed by atoms with van der Waals surface area (Å²) in [6.45, 7) is 0. The topological polar surface area (TPSA) is 127 Å². The molecule has 0 saturated carbocycles. The van der Waals surface area contributed by atoms with Crippen molar-refractivity contribution >= 4 is 16.4 Å². The zero-order valence-electron chi connectivity index (χ0n) is 8.61. The van der Waals surface area contributed by atoms with Gasteiger partial charge in [0.15, 0.2) is 0 Å². The minimum absolute atomic E-state index is 0.0693. The third-order valence-electron chi connectivity index (χ3n) is 1.90. The molecule has 0 amide bonds. The zero-order valence-corrected chi connectivity index (χ0v) is 9.42. The van der Waals surface area contributed by atoms with Crippen LogP contribution in [0.2, 0.25) is 0 Å². The number of aliphatic carboxylic acids is 1. The highest BCUT2D eigenvalue weighted by molar-refractivity contribution is 7.81.